The monoisotopic (exact) mass is 258 g/mol. The number of hydrogen-bond donors (Lipinski definition) is 4. The van der Waals surface area contributed by atoms with Crippen molar-refractivity contribution in [3.05, 3.63) is 23.8 Å². The Morgan fingerprint density at radius 1 is 1.29 bits per heavy atom. The zero-order chi connectivity index (χ0) is 12.0. The van der Waals surface area contributed by atoms with Crippen LogP contribution in [0.5, 0.6) is 0 Å². The lowest BCUT2D eigenvalue weighted by Gasteiger charge is -2.08. The summed E-state index contributed by atoms with van der Waals surface area (Å²) in [6.07, 6.45) is 0. The number of amides is 1. The minimum atomic E-state index is -0.0229. The highest BCUT2D eigenvalue weighted by atomic mass is 35.5. The fourth-order valence-electron chi connectivity index (χ4n) is 1.33. The van der Waals surface area contributed by atoms with Crippen molar-refractivity contribution in [1.29, 1.82) is 0 Å². The van der Waals surface area contributed by atoms with Gasteiger partial charge in [0.05, 0.1) is 0 Å². The third kappa shape index (κ3) is 5.99. The van der Waals surface area contributed by atoms with E-state index in [1.807, 2.05) is 6.07 Å². The summed E-state index contributed by atoms with van der Waals surface area (Å²) in [7, 11) is 0. The number of nitrogens with two attached hydrogens (primary N) is 2. The third-order valence-electron chi connectivity index (χ3n) is 2.16. The van der Waals surface area contributed by atoms with Gasteiger partial charge in [-0.3, -0.25) is 4.79 Å². The van der Waals surface area contributed by atoms with Crippen LogP contribution in [-0.2, 0) is 11.3 Å². The van der Waals surface area contributed by atoms with Crippen LogP contribution < -0.4 is 22.1 Å². The second kappa shape index (κ2) is 7.76. The van der Waals surface area contributed by atoms with Gasteiger partial charge >= 0.3 is 0 Å². The zero-order valence-electron chi connectivity index (χ0n) is 9.82. The molecule has 5 nitrogen and oxygen atoms in total. The van der Waals surface area contributed by atoms with E-state index in [1.54, 1.807) is 12.1 Å². The third-order valence-corrected chi connectivity index (χ3v) is 2.16. The summed E-state index contributed by atoms with van der Waals surface area (Å²) in [5.74, 6) is -0.0229. The topological polar surface area (TPSA) is 93.2 Å². The normalized spacial score (nSPS) is 9.47. The van der Waals surface area contributed by atoms with E-state index in [-0.39, 0.29) is 18.3 Å². The lowest BCUT2D eigenvalue weighted by molar-refractivity contribution is -0.118. The van der Waals surface area contributed by atoms with Crippen molar-refractivity contribution >= 4 is 29.7 Å². The van der Waals surface area contributed by atoms with Crippen molar-refractivity contribution in [2.24, 2.45) is 0 Å². The van der Waals surface area contributed by atoms with Gasteiger partial charge in [-0.15, -0.1) is 12.4 Å². The summed E-state index contributed by atoms with van der Waals surface area (Å²) in [6, 6.07) is 5.41. The molecular formula is C11H19ClN4O. The molecule has 0 saturated heterocycles. The number of halogens is 1. The van der Waals surface area contributed by atoms with Crippen LogP contribution >= 0.6 is 12.4 Å². The number of carbonyl (C=O) groups is 1. The average molecular weight is 259 g/mol. The van der Waals surface area contributed by atoms with E-state index in [9.17, 15) is 4.79 Å². The molecule has 0 saturated carbocycles. The molecule has 0 aliphatic carbocycles. The van der Waals surface area contributed by atoms with Crippen molar-refractivity contribution in [3.8, 4) is 0 Å². The summed E-state index contributed by atoms with van der Waals surface area (Å²) < 4.78 is 0. The number of anilines is 2. The summed E-state index contributed by atoms with van der Waals surface area (Å²) in [5.41, 5.74) is 13.8. The van der Waals surface area contributed by atoms with Gasteiger partial charge < -0.3 is 22.1 Å². The number of carbonyl (C=O) groups excluding carboxylic acids is 1. The first-order valence-corrected chi connectivity index (χ1v) is 5.18. The molecule has 96 valence electrons. The molecule has 0 bridgehead atoms. The summed E-state index contributed by atoms with van der Waals surface area (Å²) in [4.78, 5) is 10.6. The van der Waals surface area contributed by atoms with Gasteiger partial charge in [0.2, 0.25) is 5.91 Å². The Morgan fingerprint density at radius 2 is 2.00 bits per heavy atom. The predicted octanol–water partition coefficient (Wildman–Crippen LogP) is 0.498. The average Bonchev–Trinajstić information content (AvgIpc) is 2.22. The van der Waals surface area contributed by atoms with Gasteiger partial charge in [-0.2, -0.15) is 0 Å². The minimum absolute atomic E-state index is 0. The number of nitrogen functional groups attached to an aromatic ring is 2. The van der Waals surface area contributed by atoms with Gasteiger partial charge in [-0.05, 0) is 23.8 Å². The highest BCUT2D eigenvalue weighted by Gasteiger charge is 1.99. The molecule has 0 aromatic heterocycles. The molecule has 0 unspecified atom stereocenters. The molecule has 1 amide bonds. The Balaban J connectivity index is 0.00000256. The van der Waals surface area contributed by atoms with Crippen LogP contribution in [0.4, 0.5) is 11.4 Å². The first kappa shape index (κ1) is 15.5. The van der Waals surface area contributed by atoms with E-state index in [2.05, 4.69) is 10.6 Å². The number of benzene rings is 1. The molecule has 0 fully saturated rings. The maximum Gasteiger partial charge on any atom is 0.216 e. The van der Waals surface area contributed by atoms with Crippen LogP contribution in [-0.4, -0.2) is 19.0 Å². The zero-order valence-corrected chi connectivity index (χ0v) is 10.6. The van der Waals surface area contributed by atoms with Gasteiger partial charge in [-0.25, -0.2) is 0 Å². The highest BCUT2D eigenvalue weighted by Crippen LogP contribution is 2.14. The van der Waals surface area contributed by atoms with Crippen LogP contribution in [0, 0.1) is 0 Å². The molecule has 0 spiro atoms. The maximum absolute atomic E-state index is 10.6. The molecule has 1 aromatic carbocycles. The minimum Gasteiger partial charge on any atom is -0.399 e. The number of nitrogens with one attached hydrogen (secondary N) is 2. The standard InChI is InChI=1S/C11H18N4O.ClH/c1-8(16)15-5-4-14-7-9-6-10(12)2-3-11(9)13;/h2-3,6,14H,4-5,7,12-13H2,1H3,(H,15,16);1H. The first-order chi connectivity index (χ1) is 7.59. The van der Waals surface area contributed by atoms with E-state index in [0.717, 1.165) is 11.3 Å². The molecular weight excluding hydrogens is 240 g/mol. The first-order valence-electron chi connectivity index (χ1n) is 5.18. The highest BCUT2D eigenvalue weighted by molar-refractivity contribution is 5.85. The number of hydrogen-bond acceptors (Lipinski definition) is 4. The second-order valence-electron chi connectivity index (χ2n) is 3.62. The molecule has 6 heteroatoms. The Labute approximate surface area is 107 Å². The SMILES string of the molecule is CC(=O)NCCNCc1cc(N)ccc1N.Cl. The Kier molecular flexibility index (Phi) is 7.09. The van der Waals surface area contributed by atoms with Crippen LogP contribution in [0.3, 0.4) is 0 Å². The predicted molar refractivity (Wildman–Crippen MR) is 72.9 cm³/mol. The molecule has 17 heavy (non-hydrogen) atoms. The van der Waals surface area contributed by atoms with E-state index < -0.39 is 0 Å². The second-order valence-corrected chi connectivity index (χ2v) is 3.62. The van der Waals surface area contributed by atoms with Crippen LogP contribution in [0.1, 0.15) is 12.5 Å². The van der Waals surface area contributed by atoms with Gasteiger partial charge in [0.25, 0.3) is 0 Å². The summed E-state index contributed by atoms with van der Waals surface area (Å²) in [5, 5.41) is 5.88. The van der Waals surface area contributed by atoms with Crippen molar-refractivity contribution in [3.63, 3.8) is 0 Å². The Bertz CT molecular complexity index is 370. The summed E-state index contributed by atoms with van der Waals surface area (Å²) in [6.45, 7) is 3.46. The fourth-order valence-corrected chi connectivity index (χ4v) is 1.33. The fraction of sp³-hybridized carbons (Fsp3) is 0.364. The maximum atomic E-state index is 10.6. The molecule has 0 atom stereocenters. The van der Waals surface area contributed by atoms with E-state index in [4.69, 9.17) is 11.5 Å². The quantitative estimate of drug-likeness (QED) is 0.457. The molecule has 6 N–H and O–H groups in total. The summed E-state index contributed by atoms with van der Waals surface area (Å²) >= 11 is 0. The van der Waals surface area contributed by atoms with Gasteiger partial charge in [0.1, 0.15) is 0 Å². The van der Waals surface area contributed by atoms with Gasteiger partial charge in [0.15, 0.2) is 0 Å². The van der Waals surface area contributed by atoms with Crippen molar-refractivity contribution in [1.82, 2.24) is 10.6 Å². The Morgan fingerprint density at radius 3 is 2.65 bits per heavy atom. The molecule has 0 aliphatic rings. The molecule has 0 aliphatic heterocycles. The molecule has 0 radical (unpaired) electrons. The van der Waals surface area contributed by atoms with Gasteiger partial charge in [0, 0.05) is 37.9 Å². The Hall–Kier alpha value is -1.46. The molecule has 1 aromatic rings. The van der Waals surface area contributed by atoms with Crippen molar-refractivity contribution in [2.75, 3.05) is 24.6 Å². The van der Waals surface area contributed by atoms with E-state index in [1.165, 1.54) is 6.92 Å². The largest absolute Gasteiger partial charge is 0.399 e. The lowest BCUT2D eigenvalue weighted by atomic mass is 10.1. The number of rotatable bonds is 5. The molecule has 1 rings (SSSR count). The van der Waals surface area contributed by atoms with Crippen LogP contribution in [0.2, 0.25) is 0 Å². The van der Waals surface area contributed by atoms with Crippen LogP contribution in [0.15, 0.2) is 18.2 Å². The van der Waals surface area contributed by atoms with E-state index >= 15 is 0 Å². The lowest BCUT2D eigenvalue weighted by Crippen LogP contribution is -2.30. The van der Waals surface area contributed by atoms with E-state index in [0.29, 0.717) is 25.3 Å². The van der Waals surface area contributed by atoms with Crippen molar-refractivity contribution < 1.29 is 4.79 Å². The van der Waals surface area contributed by atoms with Crippen molar-refractivity contribution in [2.45, 2.75) is 13.5 Å². The molecule has 0 heterocycles. The smallest absolute Gasteiger partial charge is 0.216 e. The van der Waals surface area contributed by atoms with Crippen LogP contribution in [0.25, 0.3) is 0 Å². The van der Waals surface area contributed by atoms with Gasteiger partial charge in [-0.1, -0.05) is 0 Å².